The topological polar surface area (TPSA) is 39.1 Å². The number of anilines is 1. The van der Waals surface area contributed by atoms with Crippen molar-refractivity contribution in [3.8, 4) is 5.75 Å². The first-order valence-corrected chi connectivity index (χ1v) is 6.63. The Labute approximate surface area is 114 Å². The maximum atomic E-state index is 5.37. The van der Waals surface area contributed by atoms with Crippen LogP contribution in [-0.4, -0.2) is 22.9 Å². The van der Waals surface area contributed by atoms with E-state index in [-0.39, 0.29) is 0 Å². The molecule has 1 unspecified atom stereocenters. The molecule has 1 heterocycles. The van der Waals surface area contributed by atoms with Gasteiger partial charge in [-0.2, -0.15) is 5.10 Å². The van der Waals surface area contributed by atoms with E-state index in [0.29, 0.717) is 6.04 Å². The fourth-order valence-electron chi connectivity index (χ4n) is 2.15. The lowest BCUT2D eigenvalue weighted by Crippen LogP contribution is -2.18. The Hall–Kier alpha value is -1.97. The predicted molar refractivity (Wildman–Crippen MR) is 77.7 cm³/mol. The Morgan fingerprint density at radius 1 is 1.37 bits per heavy atom. The zero-order chi connectivity index (χ0) is 13.7. The van der Waals surface area contributed by atoms with E-state index in [0.717, 1.165) is 24.4 Å². The zero-order valence-corrected chi connectivity index (χ0v) is 11.8. The molecule has 0 aliphatic rings. The lowest BCUT2D eigenvalue weighted by Gasteiger charge is -2.15. The van der Waals surface area contributed by atoms with Crippen LogP contribution in [0.1, 0.15) is 19.4 Å². The average Bonchev–Trinajstić information content (AvgIpc) is 2.87. The first kappa shape index (κ1) is 13.5. The summed E-state index contributed by atoms with van der Waals surface area (Å²) >= 11 is 0. The van der Waals surface area contributed by atoms with Gasteiger partial charge in [0, 0.05) is 18.8 Å². The van der Waals surface area contributed by atoms with Crippen LogP contribution in [0.3, 0.4) is 0 Å². The molecule has 0 aliphatic heterocycles. The Balaban J connectivity index is 1.98. The Kier molecular flexibility index (Phi) is 4.44. The quantitative estimate of drug-likeness (QED) is 0.867. The molecular formula is C15H21N3O. The summed E-state index contributed by atoms with van der Waals surface area (Å²) in [5, 5.41) is 7.72. The summed E-state index contributed by atoms with van der Waals surface area (Å²) < 4.78 is 7.29. The van der Waals surface area contributed by atoms with Crippen molar-refractivity contribution in [1.29, 1.82) is 0 Å². The number of nitrogens with one attached hydrogen (secondary N) is 1. The van der Waals surface area contributed by atoms with Gasteiger partial charge < -0.3 is 10.1 Å². The third-order valence-corrected chi connectivity index (χ3v) is 3.09. The van der Waals surface area contributed by atoms with Crippen molar-refractivity contribution in [3.05, 3.63) is 42.2 Å². The fraction of sp³-hybridized carbons (Fsp3) is 0.400. The molecule has 4 heteroatoms. The number of benzene rings is 1. The van der Waals surface area contributed by atoms with E-state index in [2.05, 4.69) is 30.3 Å². The highest BCUT2D eigenvalue weighted by atomic mass is 16.5. The smallest absolute Gasteiger partial charge is 0.122 e. The maximum Gasteiger partial charge on any atom is 0.122 e. The van der Waals surface area contributed by atoms with Crippen molar-refractivity contribution < 1.29 is 4.74 Å². The number of aryl methyl sites for hydroxylation is 1. The molecule has 4 nitrogen and oxygen atoms in total. The normalized spacial score (nSPS) is 12.2. The van der Waals surface area contributed by atoms with E-state index in [1.165, 1.54) is 5.56 Å². The molecule has 1 aromatic heterocycles. The fourth-order valence-corrected chi connectivity index (χ4v) is 2.15. The third-order valence-electron chi connectivity index (χ3n) is 3.09. The minimum Gasteiger partial charge on any atom is -0.496 e. The number of hydrogen-bond acceptors (Lipinski definition) is 3. The zero-order valence-electron chi connectivity index (χ0n) is 11.8. The van der Waals surface area contributed by atoms with Crippen molar-refractivity contribution in [2.45, 2.75) is 32.9 Å². The molecule has 1 aromatic carbocycles. The summed E-state index contributed by atoms with van der Waals surface area (Å²) in [7, 11) is 1.71. The van der Waals surface area contributed by atoms with Gasteiger partial charge in [-0.25, -0.2) is 0 Å². The van der Waals surface area contributed by atoms with Gasteiger partial charge in [0.05, 0.1) is 19.0 Å². The monoisotopic (exact) mass is 259 g/mol. The summed E-state index contributed by atoms with van der Waals surface area (Å²) in [5.74, 6) is 0.945. The Morgan fingerprint density at radius 2 is 2.16 bits per heavy atom. The van der Waals surface area contributed by atoms with Crippen LogP contribution in [0.4, 0.5) is 5.69 Å². The van der Waals surface area contributed by atoms with Gasteiger partial charge in [-0.05, 0) is 31.9 Å². The third kappa shape index (κ3) is 3.50. The molecule has 2 aromatic rings. The van der Waals surface area contributed by atoms with Gasteiger partial charge in [0.2, 0.25) is 0 Å². The molecule has 0 spiro atoms. The lowest BCUT2D eigenvalue weighted by atomic mass is 10.1. The highest BCUT2D eigenvalue weighted by Crippen LogP contribution is 2.20. The number of hydrogen-bond donors (Lipinski definition) is 1. The summed E-state index contributed by atoms with van der Waals surface area (Å²) in [6.45, 7) is 5.13. The van der Waals surface area contributed by atoms with Gasteiger partial charge >= 0.3 is 0 Å². The van der Waals surface area contributed by atoms with E-state index < -0.39 is 0 Å². The molecule has 1 atom stereocenters. The van der Waals surface area contributed by atoms with E-state index in [4.69, 9.17) is 4.74 Å². The van der Waals surface area contributed by atoms with Gasteiger partial charge in [0.15, 0.2) is 0 Å². The molecule has 19 heavy (non-hydrogen) atoms. The van der Waals surface area contributed by atoms with Crippen LogP contribution >= 0.6 is 0 Å². The van der Waals surface area contributed by atoms with Crippen LogP contribution < -0.4 is 10.1 Å². The minimum absolute atomic E-state index is 0.325. The molecule has 0 bridgehead atoms. The number of aromatic nitrogens is 2. The van der Waals surface area contributed by atoms with E-state index in [9.17, 15) is 0 Å². The van der Waals surface area contributed by atoms with E-state index >= 15 is 0 Å². The van der Waals surface area contributed by atoms with Crippen LogP contribution in [0.5, 0.6) is 5.75 Å². The maximum absolute atomic E-state index is 5.37. The van der Waals surface area contributed by atoms with Crippen molar-refractivity contribution in [2.24, 2.45) is 0 Å². The highest BCUT2D eigenvalue weighted by molar-refractivity contribution is 5.41. The summed E-state index contributed by atoms with van der Waals surface area (Å²) in [6, 6.07) is 8.46. The van der Waals surface area contributed by atoms with Gasteiger partial charge in [-0.1, -0.05) is 18.2 Å². The Morgan fingerprint density at radius 3 is 2.84 bits per heavy atom. The largest absolute Gasteiger partial charge is 0.496 e. The standard InChI is InChI=1S/C15H21N3O/c1-4-18-11-14(10-16-18)17-12(2)9-13-7-5-6-8-15(13)19-3/h5-8,10-12,17H,4,9H2,1-3H3. The van der Waals surface area contributed by atoms with Crippen LogP contribution in [0.2, 0.25) is 0 Å². The van der Waals surface area contributed by atoms with Crippen molar-refractivity contribution in [1.82, 2.24) is 9.78 Å². The van der Waals surface area contributed by atoms with E-state index in [1.54, 1.807) is 7.11 Å². The second-order valence-corrected chi connectivity index (χ2v) is 4.65. The highest BCUT2D eigenvalue weighted by Gasteiger charge is 2.08. The number of rotatable bonds is 6. The van der Waals surface area contributed by atoms with Gasteiger partial charge in [-0.3, -0.25) is 4.68 Å². The molecule has 0 aliphatic carbocycles. The SMILES string of the molecule is CCn1cc(NC(C)Cc2ccccc2OC)cn1. The van der Waals surface area contributed by atoms with Crippen LogP contribution in [-0.2, 0) is 13.0 Å². The second-order valence-electron chi connectivity index (χ2n) is 4.65. The van der Waals surface area contributed by atoms with Crippen molar-refractivity contribution in [3.63, 3.8) is 0 Å². The molecule has 102 valence electrons. The van der Waals surface area contributed by atoms with Crippen LogP contribution in [0, 0.1) is 0 Å². The number of nitrogens with zero attached hydrogens (tertiary/aromatic N) is 2. The van der Waals surface area contributed by atoms with Crippen molar-refractivity contribution >= 4 is 5.69 Å². The first-order valence-electron chi connectivity index (χ1n) is 6.63. The summed E-state index contributed by atoms with van der Waals surface area (Å²) in [4.78, 5) is 0. The Bertz CT molecular complexity index is 522. The molecular weight excluding hydrogens is 238 g/mol. The number of ether oxygens (including phenoxy) is 1. The minimum atomic E-state index is 0.325. The number of methoxy groups -OCH3 is 1. The average molecular weight is 259 g/mol. The lowest BCUT2D eigenvalue weighted by molar-refractivity contribution is 0.409. The summed E-state index contributed by atoms with van der Waals surface area (Å²) in [6.07, 6.45) is 4.81. The van der Waals surface area contributed by atoms with E-state index in [1.807, 2.05) is 35.3 Å². The molecule has 0 radical (unpaired) electrons. The van der Waals surface area contributed by atoms with Gasteiger partial charge in [0.1, 0.15) is 5.75 Å². The molecule has 0 saturated carbocycles. The molecule has 2 rings (SSSR count). The molecule has 0 amide bonds. The second kappa shape index (κ2) is 6.27. The molecule has 0 saturated heterocycles. The van der Waals surface area contributed by atoms with Crippen LogP contribution in [0.15, 0.2) is 36.7 Å². The molecule has 1 N–H and O–H groups in total. The molecule has 0 fully saturated rings. The van der Waals surface area contributed by atoms with Gasteiger partial charge in [0.25, 0.3) is 0 Å². The van der Waals surface area contributed by atoms with Gasteiger partial charge in [-0.15, -0.1) is 0 Å². The summed E-state index contributed by atoms with van der Waals surface area (Å²) in [5.41, 5.74) is 2.28. The first-order chi connectivity index (χ1) is 9.22. The predicted octanol–water partition coefficient (Wildman–Crippen LogP) is 2.95. The van der Waals surface area contributed by atoms with Crippen molar-refractivity contribution in [2.75, 3.05) is 12.4 Å². The van der Waals surface area contributed by atoms with Crippen LogP contribution in [0.25, 0.3) is 0 Å². The number of para-hydroxylation sites is 1.